The number of hydrogen-bond donors (Lipinski definition) is 0. The highest BCUT2D eigenvalue weighted by molar-refractivity contribution is 5.99. The van der Waals surface area contributed by atoms with Crippen LogP contribution in [-0.4, -0.2) is 22.4 Å². The number of pyridine rings is 1. The van der Waals surface area contributed by atoms with E-state index in [1.807, 2.05) is 69.3 Å². The van der Waals surface area contributed by atoms with Crippen LogP contribution in [0.1, 0.15) is 57.8 Å². The Morgan fingerprint density at radius 3 is 2.71 bits per heavy atom. The first kappa shape index (κ1) is 21.9. The molecule has 1 amide bonds. The summed E-state index contributed by atoms with van der Waals surface area (Å²) in [4.78, 5) is 33.4. The van der Waals surface area contributed by atoms with Crippen LogP contribution in [-0.2, 0) is 6.54 Å². The van der Waals surface area contributed by atoms with Crippen molar-refractivity contribution in [1.82, 2.24) is 9.88 Å². The van der Waals surface area contributed by atoms with Gasteiger partial charge in [-0.25, -0.2) is 0 Å². The number of aromatic nitrogens is 1. The molecule has 0 saturated heterocycles. The van der Waals surface area contributed by atoms with E-state index in [1.54, 1.807) is 17.3 Å². The van der Waals surface area contributed by atoms with Crippen LogP contribution in [0.4, 0.5) is 0 Å². The predicted molar refractivity (Wildman–Crippen MR) is 130 cm³/mol. The first-order chi connectivity index (χ1) is 16.5. The van der Waals surface area contributed by atoms with Gasteiger partial charge in [-0.05, 0) is 66.8 Å². The number of benzene rings is 2. The van der Waals surface area contributed by atoms with Crippen LogP contribution in [0.3, 0.4) is 0 Å². The van der Waals surface area contributed by atoms with Crippen molar-refractivity contribution < 1.29 is 13.9 Å². The summed E-state index contributed by atoms with van der Waals surface area (Å²) in [6.07, 6.45) is 4.31. The number of amides is 1. The quantitative estimate of drug-likeness (QED) is 0.393. The first-order valence-electron chi connectivity index (χ1n) is 11.5. The van der Waals surface area contributed by atoms with Crippen LogP contribution in [0.2, 0.25) is 0 Å². The molecule has 1 aliphatic heterocycles. The van der Waals surface area contributed by atoms with E-state index in [-0.39, 0.29) is 17.1 Å². The maximum atomic E-state index is 13.8. The summed E-state index contributed by atoms with van der Waals surface area (Å²) in [6, 6.07) is 14.6. The van der Waals surface area contributed by atoms with Crippen molar-refractivity contribution in [3.05, 3.63) is 105 Å². The standard InChI is InChI=1S/C28H26N2O4/c1-4-11-33-21-9-5-8-20(14-21)24-23-25(31)22-13-17(2)12-18(3)26(22)34-27(23)28(32)30(24)16-19-7-6-10-29-15-19/h5-10,12-15,24H,4,11,16H2,1-3H3. The fourth-order valence-corrected chi connectivity index (χ4v) is 4.67. The van der Waals surface area contributed by atoms with Crippen molar-refractivity contribution in [3.63, 3.8) is 0 Å². The molecule has 0 spiro atoms. The lowest BCUT2D eigenvalue weighted by atomic mass is 9.97. The van der Waals surface area contributed by atoms with Gasteiger partial charge in [0.15, 0.2) is 5.43 Å². The zero-order valence-electron chi connectivity index (χ0n) is 19.5. The van der Waals surface area contributed by atoms with Crippen LogP contribution in [0.5, 0.6) is 5.75 Å². The zero-order valence-corrected chi connectivity index (χ0v) is 19.5. The molecule has 1 unspecified atom stereocenters. The third-order valence-electron chi connectivity index (χ3n) is 6.12. The second-order valence-electron chi connectivity index (χ2n) is 8.75. The number of nitrogens with zero attached hydrogens (tertiary/aromatic N) is 2. The summed E-state index contributed by atoms with van der Waals surface area (Å²) >= 11 is 0. The van der Waals surface area contributed by atoms with Crippen molar-refractivity contribution in [3.8, 4) is 5.75 Å². The minimum Gasteiger partial charge on any atom is -0.494 e. The van der Waals surface area contributed by atoms with Gasteiger partial charge >= 0.3 is 0 Å². The van der Waals surface area contributed by atoms with E-state index in [4.69, 9.17) is 9.15 Å². The van der Waals surface area contributed by atoms with Gasteiger partial charge in [0.05, 0.1) is 23.6 Å². The highest BCUT2D eigenvalue weighted by atomic mass is 16.5. The average Bonchev–Trinajstić information content (AvgIpc) is 3.11. The second kappa shape index (κ2) is 8.78. The van der Waals surface area contributed by atoms with Gasteiger partial charge in [0.25, 0.3) is 5.91 Å². The maximum Gasteiger partial charge on any atom is 0.291 e. The highest BCUT2D eigenvalue weighted by Gasteiger charge is 2.43. The van der Waals surface area contributed by atoms with Gasteiger partial charge in [-0.15, -0.1) is 0 Å². The van der Waals surface area contributed by atoms with Crippen LogP contribution in [0.25, 0.3) is 11.0 Å². The number of ether oxygens (including phenoxy) is 1. The van der Waals surface area contributed by atoms with E-state index >= 15 is 0 Å². The van der Waals surface area contributed by atoms with Crippen LogP contribution >= 0.6 is 0 Å². The van der Waals surface area contributed by atoms with Crippen molar-refractivity contribution in [2.24, 2.45) is 0 Å². The molecular formula is C28H26N2O4. The molecule has 4 aromatic rings. The Balaban J connectivity index is 1.72. The van der Waals surface area contributed by atoms with E-state index in [0.29, 0.717) is 35.4 Å². The molecule has 0 fully saturated rings. The van der Waals surface area contributed by atoms with Gasteiger partial charge in [-0.2, -0.15) is 0 Å². The molecule has 3 heterocycles. The molecule has 0 radical (unpaired) electrons. The van der Waals surface area contributed by atoms with Gasteiger partial charge in [0.2, 0.25) is 5.76 Å². The molecular weight excluding hydrogens is 428 g/mol. The van der Waals surface area contributed by atoms with Crippen LogP contribution in [0, 0.1) is 13.8 Å². The summed E-state index contributed by atoms with van der Waals surface area (Å²) < 4.78 is 12.0. The third kappa shape index (κ3) is 3.75. The van der Waals surface area contributed by atoms with Crippen molar-refractivity contribution in [2.45, 2.75) is 39.8 Å². The van der Waals surface area contributed by atoms with Crippen LogP contribution in [0.15, 0.2) is 70.1 Å². The third-order valence-corrected chi connectivity index (χ3v) is 6.12. The number of fused-ring (bicyclic) bond motifs is 2. The Morgan fingerprint density at radius 1 is 1.09 bits per heavy atom. The van der Waals surface area contributed by atoms with Gasteiger partial charge < -0.3 is 14.1 Å². The van der Waals surface area contributed by atoms with Crippen molar-refractivity contribution in [1.29, 1.82) is 0 Å². The maximum absolute atomic E-state index is 13.8. The number of carbonyl (C=O) groups is 1. The highest BCUT2D eigenvalue weighted by Crippen LogP contribution is 2.40. The second-order valence-corrected chi connectivity index (χ2v) is 8.75. The smallest absolute Gasteiger partial charge is 0.291 e. The molecule has 34 heavy (non-hydrogen) atoms. The fraction of sp³-hybridized carbons (Fsp3) is 0.250. The van der Waals surface area contributed by atoms with Gasteiger partial charge in [0, 0.05) is 18.9 Å². The lowest BCUT2D eigenvalue weighted by molar-refractivity contribution is 0.0714. The molecule has 0 saturated carbocycles. The molecule has 0 bridgehead atoms. The Bertz CT molecular complexity index is 1440. The lowest BCUT2D eigenvalue weighted by Gasteiger charge is -2.25. The minimum absolute atomic E-state index is 0.109. The molecule has 2 aromatic carbocycles. The Hall–Kier alpha value is -3.93. The zero-order chi connectivity index (χ0) is 23.8. The van der Waals surface area contributed by atoms with Crippen LogP contribution < -0.4 is 10.2 Å². The molecule has 6 heteroatoms. The molecule has 5 rings (SSSR count). The Kier molecular flexibility index (Phi) is 5.65. The van der Waals surface area contributed by atoms with E-state index in [9.17, 15) is 9.59 Å². The fourth-order valence-electron chi connectivity index (χ4n) is 4.67. The van der Waals surface area contributed by atoms with Gasteiger partial charge in [-0.1, -0.05) is 31.2 Å². The summed E-state index contributed by atoms with van der Waals surface area (Å²) in [5.41, 5.74) is 4.15. The number of carbonyl (C=O) groups excluding carboxylic acids is 1. The summed E-state index contributed by atoms with van der Waals surface area (Å²) in [5, 5.41) is 0.496. The molecule has 2 aromatic heterocycles. The summed E-state index contributed by atoms with van der Waals surface area (Å²) in [6.45, 7) is 6.78. The molecule has 0 N–H and O–H groups in total. The number of rotatable bonds is 6. The number of aryl methyl sites for hydroxylation is 2. The average molecular weight is 455 g/mol. The first-order valence-corrected chi connectivity index (χ1v) is 11.5. The van der Waals surface area contributed by atoms with E-state index in [0.717, 1.165) is 28.7 Å². The Morgan fingerprint density at radius 2 is 1.94 bits per heavy atom. The summed E-state index contributed by atoms with van der Waals surface area (Å²) in [7, 11) is 0. The summed E-state index contributed by atoms with van der Waals surface area (Å²) in [5.74, 6) is 0.513. The topological polar surface area (TPSA) is 72.6 Å². The predicted octanol–water partition coefficient (Wildman–Crippen LogP) is 5.34. The van der Waals surface area contributed by atoms with E-state index in [1.165, 1.54) is 0 Å². The van der Waals surface area contributed by atoms with Gasteiger partial charge in [-0.3, -0.25) is 14.6 Å². The van der Waals surface area contributed by atoms with Crippen molar-refractivity contribution in [2.75, 3.05) is 6.61 Å². The van der Waals surface area contributed by atoms with Gasteiger partial charge in [0.1, 0.15) is 11.3 Å². The van der Waals surface area contributed by atoms with Crippen molar-refractivity contribution >= 4 is 16.9 Å². The normalized spacial score (nSPS) is 15.1. The molecule has 172 valence electrons. The number of hydrogen-bond acceptors (Lipinski definition) is 5. The monoisotopic (exact) mass is 454 g/mol. The molecule has 6 nitrogen and oxygen atoms in total. The van der Waals surface area contributed by atoms with E-state index in [2.05, 4.69) is 4.98 Å². The molecule has 0 aliphatic carbocycles. The van der Waals surface area contributed by atoms with E-state index < -0.39 is 6.04 Å². The lowest BCUT2D eigenvalue weighted by Crippen LogP contribution is -2.29. The largest absolute Gasteiger partial charge is 0.494 e. The molecule has 1 atom stereocenters. The SMILES string of the molecule is CCCOc1cccc(C2c3c(oc4c(C)cc(C)cc4c3=O)C(=O)N2Cc2cccnc2)c1. The molecule has 1 aliphatic rings. The Labute approximate surface area is 197 Å². The minimum atomic E-state index is -0.589.